The lowest BCUT2D eigenvalue weighted by molar-refractivity contribution is -0.120. The summed E-state index contributed by atoms with van der Waals surface area (Å²) in [7, 11) is 1.77. The van der Waals surface area contributed by atoms with Crippen LogP contribution in [0.4, 0.5) is 5.69 Å². The van der Waals surface area contributed by atoms with Crippen molar-refractivity contribution in [1.29, 1.82) is 0 Å². The summed E-state index contributed by atoms with van der Waals surface area (Å²) >= 11 is 6.03. The second-order valence-corrected chi connectivity index (χ2v) is 5.63. The number of anilines is 1. The predicted octanol–water partition coefficient (Wildman–Crippen LogP) is 0.798. The standard InChI is InChI=1S/C15H23ClN4O/c1-17-12-15(21)18-5-6-19-7-9-20(10-8-19)14-4-2-3-13(16)11-14/h2-4,11,17H,5-10,12H2,1H3,(H,18,21). The summed E-state index contributed by atoms with van der Waals surface area (Å²) < 4.78 is 0. The smallest absolute Gasteiger partial charge is 0.233 e. The molecule has 0 saturated carbocycles. The molecule has 1 saturated heterocycles. The maximum Gasteiger partial charge on any atom is 0.233 e. The number of carbonyl (C=O) groups excluding carboxylic acids is 1. The maximum atomic E-state index is 11.3. The Bertz CT molecular complexity index is 461. The van der Waals surface area contributed by atoms with E-state index in [1.54, 1.807) is 7.05 Å². The summed E-state index contributed by atoms with van der Waals surface area (Å²) in [5, 5.41) is 6.53. The number of hydrogen-bond donors (Lipinski definition) is 2. The van der Waals surface area contributed by atoms with E-state index in [2.05, 4.69) is 26.5 Å². The molecule has 0 radical (unpaired) electrons. The molecule has 1 aromatic carbocycles. The molecular weight excluding hydrogens is 288 g/mol. The van der Waals surface area contributed by atoms with Gasteiger partial charge in [-0.25, -0.2) is 0 Å². The molecule has 0 bridgehead atoms. The van der Waals surface area contributed by atoms with Gasteiger partial charge >= 0.3 is 0 Å². The van der Waals surface area contributed by atoms with Crippen LogP contribution in [0.1, 0.15) is 0 Å². The van der Waals surface area contributed by atoms with Crippen molar-refractivity contribution in [1.82, 2.24) is 15.5 Å². The van der Waals surface area contributed by atoms with E-state index in [9.17, 15) is 4.79 Å². The summed E-state index contributed by atoms with van der Waals surface area (Å²) in [5.74, 6) is 0.0510. The van der Waals surface area contributed by atoms with Crippen LogP contribution in [0, 0.1) is 0 Å². The third-order valence-corrected chi connectivity index (χ3v) is 3.87. The lowest BCUT2D eigenvalue weighted by atomic mass is 10.2. The minimum absolute atomic E-state index is 0.0510. The van der Waals surface area contributed by atoms with Gasteiger partial charge in [-0.2, -0.15) is 0 Å². The Morgan fingerprint density at radius 3 is 2.71 bits per heavy atom. The van der Waals surface area contributed by atoms with Crippen molar-refractivity contribution < 1.29 is 4.79 Å². The van der Waals surface area contributed by atoms with Crippen LogP contribution in [0.3, 0.4) is 0 Å². The van der Waals surface area contributed by atoms with Crippen molar-refractivity contribution in [3.8, 4) is 0 Å². The lowest BCUT2D eigenvalue weighted by Gasteiger charge is -2.36. The van der Waals surface area contributed by atoms with Crippen molar-refractivity contribution in [2.75, 3.05) is 57.8 Å². The molecule has 1 heterocycles. The molecule has 2 rings (SSSR count). The van der Waals surface area contributed by atoms with Gasteiger partial charge in [0.25, 0.3) is 0 Å². The van der Waals surface area contributed by atoms with Gasteiger partial charge < -0.3 is 15.5 Å². The highest BCUT2D eigenvalue weighted by Crippen LogP contribution is 2.20. The molecule has 116 valence electrons. The van der Waals surface area contributed by atoms with E-state index in [1.807, 2.05) is 18.2 Å². The number of benzene rings is 1. The van der Waals surface area contributed by atoms with Crippen LogP contribution in [-0.4, -0.2) is 63.7 Å². The van der Waals surface area contributed by atoms with E-state index >= 15 is 0 Å². The predicted molar refractivity (Wildman–Crippen MR) is 87.0 cm³/mol. The van der Waals surface area contributed by atoms with Gasteiger partial charge in [0.15, 0.2) is 0 Å². The van der Waals surface area contributed by atoms with Crippen LogP contribution in [-0.2, 0) is 4.79 Å². The summed E-state index contributed by atoms with van der Waals surface area (Å²) in [6.07, 6.45) is 0. The Morgan fingerprint density at radius 1 is 1.29 bits per heavy atom. The van der Waals surface area contributed by atoms with E-state index in [0.29, 0.717) is 13.1 Å². The molecule has 0 aliphatic carbocycles. The van der Waals surface area contributed by atoms with Crippen molar-refractivity contribution in [3.05, 3.63) is 29.3 Å². The molecule has 21 heavy (non-hydrogen) atoms. The highest BCUT2D eigenvalue weighted by atomic mass is 35.5. The summed E-state index contributed by atoms with van der Waals surface area (Å²) in [6, 6.07) is 7.99. The monoisotopic (exact) mass is 310 g/mol. The van der Waals surface area contributed by atoms with Crippen molar-refractivity contribution in [2.24, 2.45) is 0 Å². The minimum atomic E-state index is 0.0510. The van der Waals surface area contributed by atoms with Gasteiger partial charge in [0.2, 0.25) is 5.91 Å². The Labute approximate surface area is 131 Å². The topological polar surface area (TPSA) is 47.6 Å². The van der Waals surface area contributed by atoms with Gasteiger partial charge in [0.1, 0.15) is 0 Å². The number of piperazine rings is 1. The summed E-state index contributed by atoms with van der Waals surface area (Å²) in [4.78, 5) is 16.1. The fourth-order valence-electron chi connectivity index (χ4n) is 2.48. The molecule has 1 fully saturated rings. The largest absolute Gasteiger partial charge is 0.369 e. The van der Waals surface area contributed by atoms with Gasteiger partial charge in [0, 0.05) is 50.0 Å². The molecule has 0 spiro atoms. The van der Waals surface area contributed by atoms with Crippen molar-refractivity contribution >= 4 is 23.2 Å². The molecule has 5 nitrogen and oxygen atoms in total. The van der Waals surface area contributed by atoms with Crippen LogP contribution < -0.4 is 15.5 Å². The van der Waals surface area contributed by atoms with Crippen molar-refractivity contribution in [2.45, 2.75) is 0 Å². The Morgan fingerprint density at radius 2 is 2.05 bits per heavy atom. The van der Waals surface area contributed by atoms with Crippen LogP contribution in [0.25, 0.3) is 0 Å². The molecule has 0 atom stereocenters. The molecule has 1 aromatic rings. The van der Waals surface area contributed by atoms with Gasteiger partial charge in [-0.3, -0.25) is 9.69 Å². The van der Waals surface area contributed by atoms with E-state index in [0.717, 1.165) is 37.7 Å². The number of amides is 1. The molecular formula is C15H23ClN4O. The molecule has 1 aliphatic rings. The zero-order chi connectivity index (χ0) is 15.1. The highest BCUT2D eigenvalue weighted by molar-refractivity contribution is 6.30. The van der Waals surface area contributed by atoms with Crippen LogP contribution in [0.5, 0.6) is 0 Å². The number of nitrogens with one attached hydrogen (secondary N) is 2. The van der Waals surface area contributed by atoms with Gasteiger partial charge in [-0.05, 0) is 25.2 Å². The zero-order valence-corrected chi connectivity index (χ0v) is 13.2. The molecule has 0 unspecified atom stereocenters. The fraction of sp³-hybridized carbons (Fsp3) is 0.533. The number of halogens is 1. The fourth-order valence-corrected chi connectivity index (χ4v) is 2.66. The quantitative estimate of drug-likeness (QED) is 0.816. The molecule has 1 amide bonds. The first-order chi connectivity index (χ1) is 10.2. The number of likely N-dealkylation sites (N-methyl/N-ethyl adjacent to an activating group) is 1. The lowest BCUT2D eigenvalue weighted by Crippen LogP contribution is -2.48. The molecule has 2 N–H and O–H groups in total. The summed E-state index contributed by atoms with van der Waals surface area (Å²) in [5.41, 5.74) is 1.18. The third kappa shape index (κ3) is 5.19. The average Bonchev–Trinajstić information content (AvgIpc) is 2.48. The Hall–Kier alpha value is -1.30. The second-order valence-electron chi connectivity index (χ2n) is 5.19. The van der Waals surface area contributed by atoms with Gasteiger partial charge in [-0.15, -0.1) is 0 Å². The highest BCUT2D eigenvalue weighted by Gasteiger charge is 2.17. The Kier molecular flexibility index (Phi) is 6.29. The number of hydrogen-bond acceptors (Lipinski definition) is 4. The average molecular weight is 311 g/mol. The van der Waals surface area contributed by atoms with Gasteiger partial charge in [-0.1, -0.05) is 17.7 Å². The normalized spacial score (nSPS) is 16.0. The molecule has 0 aromatic heterocycles. The first-order valence-corrected chi connectivity index (χ1v) is 7.71. The number of nitrogens with zero attached hydrogens (tertiary/aromatic N) is 2. The first kappa shape index (κ1) is 16.1. The van der Waals surface area contributed by atoms with Gasteiger partial charge in [0.05, 0.1) is 6.54 Å². The zero-order valence-electron chi connectivity index (χ0n) is 12.4. The molecule has 6 heteroatoms. The van der Waals surface area contributed by atoms with Crippen LogP contribution in [0.2, 0.25) is 5.02 Å². The number of rotatable bonds is 6. The SMILES string of the molecule is CNCC(=O)NCCN1CCN(c2cccc(Cl)c2)CC1. The van der Waals surface area contributed by atoms with E-state index in [-0.39, 0.29) is 5.91 Å². The number of carbonyl (C=O) groups is 1. The Balaban J connectivity index is 1.70. The second kappa shape index (κ2) is 8.22. The van der Waals surface area contributed by atoms with Crippen LogP contribution in [0.15, 0.2) is 24.3 Å². The first-order valence-electron chi connectivity index (χ1n) is 7.33. The van der Waals surface area contributed by atoms with E-state index in [4.69, 9.17) is 11.6 Å². The van der Waals surface area contributed by atoms with E-state index < -0.39 is 0 Å². The molecule has 1 aliphatic heterocycles. The van der Waals surface area contributed by atoms with Crippen molar-refractivity contribution in [3.63, 3.8) is 0 Å². The van der Waals surface area contributed by atoms with Crippen LogP contribution >= 0.6 is 11.6 Å². The summed E-state index contributed by atoms with van der Waals surface area (Å²) in [6.45, 7) is 5.98. The maximum absolute atomic E-state index is 11.3. The third-order valence-electron chi connectivity index (χ3n) is 3.63. The van der Waals surface area contributed by atoms with E-state index in [1.165, 1.54) is 5.69 Å². The minimum Gasteiger partial charge on any atom is -0.369 e.